The summed E-state index contributed by atoms with van der Waals surface area (Å²) in [5.74, 6) is 2.32. The summed E-state index contributed by atoms with van der Waals surface area (Å²) in [6, 6.07) is 0. The second kappa shape index (κ2) is 10.0. The highest BCUT2D eigenvalue weighted by molar-refractivity contribution is 14.0. The minimum Gasteiger partial charge on any atom is -0.443 e. The van der Waals surface area contributed by atoms with Crippen LogP contribution in [0.3, 0.4) is 0 Å². The van der Waals surface area contributed by atoms with Gasteiger partial charge in [-0.1, -0.05) is 32.4 Å². The molecule has 6 nitrogen and oxygen atoms in total. The van der Waals surface area contributed by atoms with E-state index in [1.807, 2.05) is 0 Å². The Balaban J connectivity index is 0.00000288. The molecule has 2 heterocycles. The first-order chi connectivity index (χ1) is 11.0. The Bertz CT molecular complexity index is 561. The first-order valence-electron chi connectivity index (χ1n) is 8.14. The molecular weight excluding hydrogens is 419 g/mol. The van der Waals surface area contributed by atoms with E-state index in [4.69, 9.17) is 9.15 Å². The Morgan fingerprint density at radius 2 is 2.12 bits per heavy atom. The van der Waals surface area contributed by atoms with Crippen molar-refractivity contribution in [1.82, 2.24) is 15.6 Å². The number of halogens is 1. The Kier molecular flexibility index (Phi) is 8.75. The molecule has 1 aromatic rings. The van der Waals surface area contributed by atoms with E-state index >= 15 is 0 Å². The van der Waals surface area contributed by atoms with Gasteiger partial charge in [0.2, 0.25) is 5.89 Å². The second-order valence-electron chi connectivity index (χ2n) is 6.66. The number of oxazole rings is 1. The van der Waals surface area contributed by atoms with Crippen LogP contribution < -0.4 is 10.6 Å². The van der Waals surface area contributed by atoms with Gasteiger partial charge >= 0.3 is 0 Å². The maximum Gasteiger partial charge on any atom is 0.213 e. The maximum absolute atomic E-state index is 5.76. The van der Waals surface area contributed by atoms with Crippen molar-refractivity contribution in [3.05, 3.63) is 29.5 Å². The van der Waals surface area contributed by atoms with Crippen LogP contribution in [0.1, 0.15) is 45.3 Å². The molecule has 0 radical (unpaired) electrons. The minimum atomic E-state index is -0.0252. The van der Waals surface area contributed by atoms with Crippen LogP contribution in [0.25, 0.3) is 0 Å². The number of hydrogen-bond acceptors (Lipinski definition) is 4. The molecule has 0 saturated heterocycles. The average Bonchev–Trinajstić information content (AvgIpc) is 3.01. The third kappa shape index (κ3) is 6.80. The van der Waals surface area contributed by atoms with Gasteiger partial charge < -0.3 is 19.8 Å². The van der Waals surface area contributed by atoms with Crippen molar-refractivity contribution >= 4 is 29.9 Å². The van der Waals surface area contributed by atoms with Gasteiger partial charge in [-0.05, 0) is 12.8 Å². The lowest BCUT2D eigenvalue weighted by molar-refractivity contribution is 0.153. The van der Waals surface area contributed by atoms with E-state index in [0.717, 1.165) is 44.3 Å². The highest BCUT2D eigenvalue weighted by Gasteiger charge is 2.19. The lowest BCUT2D eigenvalue weighted by Crippen LogP contribution is -2.37. The Labute approximate surface area is 161 Å². The fourth-order valence-electron chi connectivity index (χ4n) is 2.25. The number of guanidine groups is 1. The SMILES string of the molecule is CN=C(NCCC1=CCOCC1)NCc1ncc(C(C)(C)C)o1.I. The first kappa shape index (κ1) is 21.0. The number of aromatic nitrogens is 1. The zero-order valence-electron chi connectivity index (χ0n) is 15.0. The lowest BCUT2D eigenvalue weighted by atomic mass is 9.94. The summed E-state index contributed by atoms with van der Waals surface area (Å²) >= 11 is 0. The van der Waals surface area contributed by atoms with Crippen molar-refractivity contribution in [3.8, 4) is 0 Å². The molecular formula is C17H29IN4O2. The number of nitrogens with zero attached hydrogens (tertiary/aromatic N) is 2. The Morgan fingerprint density at radius 3 is 2.71 bits per heavy atom. The molecule has 0 fully saturated rings. The molecule has 2 rings (SSSR count). The molecule has 1 aromatic heterocycles. The molecule has 0 amide bonds. The van der Waals surface area contributed by atoms with Crippen molar-refractivity contribution in [2.24, 2.45) is 4.99 Å². The molecule has 0 aromatic carbocycles. The minimum absolute atomic E-state index is 0. The fourth-order valence-corrected chi connectivity index (χ4v) is 2.25. The van der Waals surface area contributed by atoms with Gasteiger partial charge in [-0.25, -0.2) is 4.98 Å². The Morgan fingerprint density at radius 1 is 1.33 bits per heavy atom. The van der Waals surface area contributed by atoms with Crippen LogP contribution in [0.4, 0.5) is 0 Å². The summed E-state index contributed by atoms with van der Waals surface area (Å²) < 4.78 is 11.1. The predicted molar refractivity (Wildman–Crippen MR) is 107 cm³/mol. The zero-order valence-corrected chi connectivity index (χ0v) is 17.3. The molecule has 1 aliphatic rings. The van der Waals surface area contributed by atoms with Gasteiger partial charge in [0.05, 0.1) is 26.0 Å². The standard InChI is InChI=1S/C17H28N4O2.HI/c1-17(2,3)14-11-20-15(23-14)12-21-16(18-4)19-8-5-13-6-9-22-10-7-13;/h6,11H,5,7-10,12H2,1-4H3,(H2,18,19,21);1H. The molecule has 136 valence electrons. The number of nitrogens with one attached hydrogen (secondary N) is 2. The third-order valence-electron chi connectivity index (χ3n) is 3.72. The molecule has 0 atom stereocenters. The first-order valence-corrected chi connectivity index (χ1v) is 8.14. The predicted octanol–water partition coefficient (Wildman–Crippen LogP) is 2.99. The molecule has 2 N–H and O–H groups in total. The van der Waals surface area contributed by atoms with Crippen LogP contribution in [-0.4, -0.2) is 37.7 Å². The summed E-state index contributed by atoms with van der Waals surface area (Å²) in [4.78, 5) is 8.53. The molecule has 0 spiro atoms. The summed E-state index contributed by atoms with van der Waals surface area (Å²) in [5, 5.41) is 6.54. The molecule has 0 unspecified atom stereocenters. The number of hydrogen-bond donors (Lipinski definition) is 2. The summed E-state index contributed by atoms with van der Waals surface area (Å²) in [6.07, 6.45) is 6.00. The summed E-state index contributed by atoms with van der Waals surface area (Å²) in [5.41, 5.74) is 1.42. The fraction of sp³-hybridized carbons (Fsp3) is 0.647. The van der Waals surface area contributed by atoms with Gasteiger partial charge in [-0.2, -0.15) is 0 Å². The topological polar surface area (TPSA) is 71.7 Å². The van der Waals surface area contributed by atoms with Gasteiger partial charge in [-0.15, -0.1) is 24.0 Å². The maximum atomic E-state index is 5.76. The van der Waals surface area contributed by atoms with Crippen LogP contribution in [-0.2, 0) is 16.7 Å². The van der Waals surface area contributed by atoms with E-state index in [-0.39, 0.29) is 29.4 Å². The normalized spacial score (nSPS) is 15.5. The quantitative estimate of drug-likeness (QED) is 0.314. The monoisotopic (exact) mass is 448 g/mol. The highest BCUT2D eigenvalue weighted by Crippen LogP contribution is 2.22. The van der Waals surface area contributed by atoms with E-state index < -0.39 is 0 Å². The van der Waals surface area contributed by atoms with Crippen LogP contribution in [0.2, 0.25) is 0 Å². The number of rotatable bonds is 5. The largest absolute Gasteiger partial charge is 0.443 e. The van der Waals surface area contributed by atoms with Crippen molar-refractivity contribution in [2.45, 2.75) is 45.6 Å². The molecule has 24 heavy (non-hydrogen) atoms. The van der Waals surface area contributed by atoms with Crippen molar-refractivity contribution in [2.75, 3.05) is 26.8 Å². The highest BCUT2D eigenvalue weighted by atomic mass is 127. The summed E-state index contributed by atoms with van der Waals surface area (Å²) in [7, 11) is 1.76. The lowest BCUT2D eigenvalue weighted by Gasteiger charge is -2.15. The van der Waals surface area contributed by atoms with Gasteiger partial charge in [0, 0.05) is 19.0 Å². The summed E-state index contributed by atoms with van der Waals surface area (Å²) in [6.45, 7) is 9.26. The van der Waals surface area contributed by atoms with E-state index in [1.54, 1.807) is 13.2 Å². The smallest absolute Gasteiger partial charge is 0.213 e. The van der Waals surface area contributed by atoms with E-state index in [9.17, 15) is 0 Å². The average molecular weight is 448 g/mol. The van der Waals surface area contributed by atoms with Crippen LogP contribution in [0, 0.1) is 0 Å². The molecule has 1 aliphatic heterocycles. The molecule has 7 heteroatoms. The molecule has 0 saturated carbocycles. The van der Waals surface area contributed by atoms with Gasteiger partial charge in [-0.3, -0.25) is 4.99 Å². The number of aliphatic imine (C=N–C) groups is 1. The second-order valence-corrected chi connectivity index (χ2v) is 6.66. The van der Waals surface area contributed by atoms with Crippen LogP contribution in [0.15, 0.2) is 27.3 Å². The molecule has 0 aliphatic carbocycles. The van der Waals surface area contributed by atoms with E-state index in [0.29, 0.717) is 12.4 Å². The van der Waals surface area contributed by atoms with Crippen LogP contribution in [0.5, 0.6) is 0 Å². The van der Waals surface area contributed by atoms with Gasteiger partial charge in [0.25, 0.3) is 0 Å². The van der Waals surface area contributed by atoms with Crippen molar-refractivity contribution < 1.29 is 9.15 Å². The van der Waals surface area contributed by atoms with Crippen molar-refractivity contribution in [3.63, 3.8) is 0 Å². The zero-order chi connectivity index (χ0) is 16.7. The third-order valence-corrected chi connectivity index (χ3v) is 3.72. The molecule has 0 bridgehead atoms. The van der Waals surface area contributed by atoms with Crippen molar-refractivity contribution in [1.29, 1.82) is 0 Å². The van der Waals surface area contributed by atoms with Gasteiger partial charge in [0.1, 0.15) is 5.76 Å². The van der Waals surface area contributed by atoms with E-state index in [1.165, 1.54) is 5.57 Å². The number of ether oxygens (including phenoxy) is 1. The van der Waals surface area contributed by atoms with Crippen LogP contribution >= 0.6 is 24.0 Å². The van der Waals surface area contributed by atoms with E-state index in [2.05, 4.69) is 47.5 Å². The Hall–Kier alpha value is -1.09. The van der Waals surface area contributed by atoms with Gasteiger partial charge in [0.15, 0.2) is 5.96 Å².